The van der Waals surface area contributed by atoms with Crippen molar-refractivity contribution in [3.05, 3.63) is 84.2 Å². The van der Waals surface area contributed by atoms with E-state index < -0.39 is 119 Å². The van der Waals surface area contributed by atoms with E-state index >= 15 is 0 Å². The van der Waals surface area contributed by atoms with Gasteiger partial charge in [-0.2, -0.15) is 0 Å². The van der Waals surface area contributed by atoms with Gasteiger partial charge in [0.2, 0.25) is 5.78 Å². The summed E-state index contributed by atoms with van der Waals surface area (Å²) in [5.41, 5.74) is 0.401. The molecule has 1 fully saturated rings. The fourth-order valence-corrected chi connectivity index (χ4v) is 6.33. The summed E-state index contributed by atoms with van der Waals surface area (Å²) >= 11 is 0. The highest BCUT2D eigenvalue weighted by atomic mass is 16.7. The number of ether oxygens (including phenoxy) is 3. The van der Waals surface area contributed by atoms with Crippen molar-refractivity contribution in [1.82, 2.24) is 9.97 Å². The maximum absolute atomic E-state index is 13.6. The molecule has 0 amide bonds. The summed E-state index contributed by atoms with van der Waals surface area (Å²) in [6, 6.07) is 4.43. The number of aliphatic hydroxyl groups excluding tert-OH is 2. The number of benzene rings is 2. The molecule has 2 aliphatic carbocycles. The number of H-pyrrole nitrogens is 2. The lowest BCUT2D eigenvalue weighted by Gasteiger charge is -2.42. The van der Waals surface area contributed by atoms with Crippen molar-refractivity contribution in [2.24, 2.45) is 5.73 Å². The molecule has 2 aromatic carbocycles. The molecule has 0 bridgehead atoms. The predicted octanol–water partition coefficient (Wildman–Crippen LogP) is -1.24. The Labute approximate surface area is 280 Å². The highest BCUT2D eigenvalue weighted by molar-refractivity contribution is 6.31. The van der Waals surface area contributed by atoms with Gasteiger partial charge in [-0.3, -0.25) is 24.2 Å². The minimum atomic E-state index is -2.24. The van der Waals surface area contributed by atoms with Gasteiger partial charge in [0.15, 0.2) is 17.9 Å². The first-order valence-electron chi connectivity index (χ1n) is 15.1. The molecule has 2 heterocycles. The Bertz CT molecular complexity index is 1980. The van der Waals surface area contributed by atoms with Crippen molar-refractivity contribution in [2.75, 3.05) is 13.7 Å². The Hall–Kier alpha value is -5.24. The summed E-state index contributed by atoms with van der Waals surface area (Å²) in [5, 5.41) is 62.0. The third kappa shape index (κ3) is 6.30. The van der Waals surface area contributed by atoms with Gasteiger partial charge in [-0.1, -0.05) is 12.1 Å². The number of phenols is 2. The van der Waals surface area contributed by atoms with Crippen molar-refractivity contribution in [3.63, 3.8) is 0 Å². The van der Waals surface area contributed by atoms with Crippen LogP contribution in [0.1, 0.15) is 79.3 Å². The quantitative estimate of drug-likeness (QED) is 0.106. The Balaban J connectivity index is 0.000000377. The molecule has 266 valence electrons. The molecule has 1 aromatic heterocycles. The summed E-state index contributed by atoms with van der Waals surface area (Å²) in [6.07, 6.45) is -5.12. The predicted molar refractivity (Wildman–Crippen MR) is 166 cm³/mol. The number of methoxy groups -OCH3 is 1. The maximum atomic E-state index is 13.6. The third-order valence-corrected chi connectivity index (χ3v) is 8.80. The number of phenolic OH excluding ortho intramolecular Hbond substituents is 2. The Morgan fingerprint density at radius 2 is 1.74 bits per heavy atom. The van der Waals surface area contributed by atoms with Crippen molar-refractivity contribution < 1.29 is 64.0 Å². The fraction of sp³-hybridized carbons (Fsp3) is 0.375. The monoisotopic (exact) mass is 699 g/mol. The van der Waals surface area contributed by atoms with Crippen LogP contribution in [-0.2, 0) is 20.7 Å². The minimum absolute atomic E-state index is 0.0173. The van der Waals surface area contributed by atoms with Crippen LogP contribution in [0.3, 0.4) is 0 Å². The molecule has 18 nitrogen and oxygen atoms in total. The Morgan fingerprint density at radius 1 is 1.06 bits per heavy atom. The zero-order valence-corrected chi connectivity index (χ0v) is 26.5. The molecule has 0 spiro atoms. The van der Waals surface area contributed by atoms with E-state index in [2.05, 4.69) is 0 Å². The first-order valence-corrected chi connectivity index (χ1v) is 15.1. The number of carbonyl (C=O) groups excluding carboxylic acids is 3. The normalized spacial score (nSPS) is 25.4. The van der Waals surface area contributed by atoms with E-state index in [4.69, 9.17) is 25.1 Å². The van der Waals surface area contributed by atoms with E-state index in [0.717, 1.165) is 6.07 Å². The van der Waals surface area contributed by atoms with Gasteiger partial charge in [0, 0.05) is 48.1 Å². The molecule has 0 radical (unpaired) electrons. The number of carboxylic acids is 1. The average molecular weight is 700 g/mol. The number of aromatic nitrogens is 2. The van der Waals surface area contributed by atoms with Crippen molar-refractivity contribution in [3.8, 4) is 17.2 Å². The number of aromatic carboxylic acids is 1. The molecule has 6 atom stereocenters. The molecule has 6 rings (SSSR count). The second-order valence-corrected chi connectivity index (χ2v) is 12.0. The molecule has 50 heavy (non-hydrogen) atoms. The van der Waals surface area contributed by atoms with Crippen LogP contribution >= 0.6 is 0 Å². The van der Waals surface area contributed by atoms with Gasteiger partial charge in [-0.25, -0.2) is 9.59 Å². The van der Waals surface area contributed by atoms with Crippen LogP contribution in [0.5, 0.6) is 17.2 Å². The van der Waals surface area contributed by atoms with Crippen LogP contribution in [0, 0.1) is 0 Å². The van der Waals surface area contributed by atoms with Crippen molar-refractivity contribution >= 4 is 23.3 Å². The lowest BCUT2D eigenvalue weighted by Crippen LogP contribution is -2.53. The number of nitrogens with one attached hydrogen (secondary N) is 2. The maximum Gasteiger partial charge on any atom is 0.352 e. The van der Waals surface area contributed by atoms with Gasteiger partial charge >= 0.3 is 11.7 Å². The zero-order valence-electron chi connectivity index (χ0n) is 26.5. The number of ketones is 3. The minimum Gasteiger partial charge on any atom is -0.507 e. The lowest BCUT2D eigenvalue weighted by atomic mass is 9.72. The largest absolute Gasteiger partial charge is 0.507 e. The number of hydrogen-bond acceptors (Lipinski definition) is 15. The molecule has 18 heteroatoms. The lowest BCUT2D eigenvalue weighted by molar-refractivity contribution is -0.247. The molecule has 0 saturated carbocycles. The topological polar surface area (TPSA) is 309 Å². The van der Waals surface area contributed by atoms with E-state index in [9.17, 15) is 54.3 Å². The van der Waals surface area contributed by atoms with Crippen LogP contribution in [-0.4, -0.2) is 108 Å². The molecule has 1 aliphatic heterocycles. The summed E-state index contributed by atoms with van der Waals surface area (Å²) < 4.78 is 17.0. The number of aromatic hydroxyl groups is 2. The highest BCUT2D eigenvalue weighted by Gasteiger charge is 2.50. The standard InChI is InChI=1S/C27H29NO11.C5H4N2O4/c1-10-22(31)13(28)6-17(38-10)39-15-8-27(36,16(30)9-29)7-12-19(15)26(35)21-20(24(12)33)23(32)11-4-3-5-14(37-2)18(11)25(21)34;8-3-1-2(4(9)10)6-5(11)7-3/h3-5,10,13,15,17,22,29,31,33,35-36H,6-9,28H2,1-2H3;1H,(H,9,10)(H2,6,7,8,11)/t10-,13-,15-,17-,22+,27-;/m0./s1. The molecule has 3 aromatic rings. The first-order chi connectivity index (χ1) is 23.5. The van der Waals surface area contributed by atoms with Crippen LogP contribution in [0.2, 0.25) is 0 Å². The molecule has 1 saturated heterocycles. The number of aliphatic hydroxyl groups is 3. The van der Waals surface area contributed by atoms with Crippen LogP contribution in [0.4, 0.5) is 0 Å². The molecule has 10 N–H and O–H groups in total. The molecule has 3 aliphatic rings. The van der Waals surface area contributed by atoms with Crippen LogP contribution in [0.25, 0.3) is 0 Å². The van der Waals surface area contributed by atoms with Crippen LogP contribution < -0.4 is 21.7 Å². The number of aromatic amines is 2. The van der Waals surface area contributed by atoms with E-state index in [1.807, 2.05) is 9.97 Å². The van der Waals surface area contributed by atoms with Gasteiger partial charge in [0.05, 0.1) is 42.1 Å². The smallest absolute Gasteiger partial charge is 0.352 e. The molecule has 0 unspecified atom stereocenters. The number of fused-ring (bicyclic) bond motifs is 3. The van der Waals surface area contributed by atoms with Gasteiger partial charge < -0.3 is 55.6 Å². The number of nitrogens with two attached hydrogens (primary N) is 1. The van der Waals surface area contributed by atoms with Gasteiger partial charge in [0.25, 0.3) is 5.56 Å². The summed E-state index contributed by atoms with van der Waals surface area (Å²) in [5.74, 6) is -5.11. The summed E-state index contributed by atoms with van der Waals surface area (Å²) in [6.45, 7) is 0.560. The van der Waals surface area contributed by atoms with Crippen molar-refractivity contribution in [1.29, 1.82) is 0 Å². The number of rotatable bonds is 6. The van der Waals surface area contributed by atoms with E-state index in [1.54, 1.807) is 6.92 Å². The summed E-state index contributed by atoms with van der Waals surface area (Å²) in [7, 11) is 1.32. The second kappa shape index (κ2) is 13.6. The van der Waals surface area contributed by atoms with E-state index in [-0.39, 0.29) is 34.4 Å². The average Bonchev–Trinajstić information content (AvgIpc) is 3.06. The van der Waals surface area contributed by atoms with E-state index in [1.165, 1.54) is 25.3 Å². The fourth-order valence-electron chi connectivity index (χ4n) is 6.33. The van der Waals surface area contributed by atoms with Gasteiger partial charge in [0.1, 0.15) is 35.2 Å². The van der Waals surface area contributed by atoms with Crippen LogP contribution in [0.15, 0.2) is 33.9 Å². The van der Waals surface area contributed by atoms with Crippen molar-refractivity contribution in [2.45, 2.75) is 62.4 Å². The first kappa shape index (κ1) is 36.1. The zero-order chi connectivity index (χ0) is 36.8. The van der Waals surface area contributed by atoms with Gasteiger partial charge in [-0.05, 0) is 13.0 Å². The SMILES string of the molecule is COc1cccc2c1C(=O)c1c(O)c3c(c(O)c1C2=O)C[C@@](O)(C(=O)CO)C[C@@H]3O[C@H]1C[C@H](N)[C@H](O)[C@H](C)O1.O=C(O)c1cc(=O)[nH]c(=O)[nH]1. The number of hydrogen-bond donors (Lipinski definition) is 9. The summed E-state index contributed by atoms with van der Waals surface area (Å²) in [4.78, 5) is 74.6. The molecular weight excluding hydrogens is 666 g/mol. The number of carbonyl (C=O) groups is 4. The Morgan fingerprint density at radius 3 is 2.34 bits per heavy atom. The van der Waals surface area contributed by atoms with E-state index in [0.29, 0.717) is 0 Å². The molecular formula is C32H33N3O15. The number of Topliss-reactive ketones (excluding diaryl/α,β-unsaturated/α-hetero) is 1. The number of carboxylic acid groups (broad SMARTS) is 1. The second-order valence-electron chi connectivity index (χ2n) is 12.0. The third-order valence-electron chi connectivity index (χ3n) is 8.80. The Kier molecular flexibility index (Phi) is 9.79. The highest BCUT2D eigenvalue weighted by Crippen LogP contribution is 2.52. The van der Waals surface area contributed by atoms with Gasteiger partial charge in [-0.15, -0.1) is 0 Å².